The van der Waals surface area contributed by atoms with E-state index in [2.05, 4.69) is 10.1 Å². The fourth-order valence-corrected chi connectivity index (χ4v) is 3.22. The second-order valence-electron chi connectivity index (χ2n) is 6.41. The number of hydrogen-bond donors (Lipinski definition) is 1. The molecule has 2 aromatic heterocycles. The van der Waals surface area contributed by atoms with E-state index in [0.29, 0.717) is 30.9 Å². The maximum Gasteiger partial charge on any atom is 0.273 e. The molecule has 3 aromatic rings. The van der Waals surface area contributed by atoms with Crippen LogP contribution in [0.25, 0.3) is 10.9 Å². The van der Waals surface area contributed by atoms with Crippen molar-refractivity contribution in [2.75, 3.05) is 20.6 Å². The third kappa shape index (κ3) is 2.57. The van der Waals surface area contributed by atoms with Gasteiger partial charge < -0.3 is 14.8 Å². The number of carbonyl (C=O) groups is 2. The summed E-state index contributed by atoms with van der Waals surface area (Å²) in [6.07, 6.45) is 1.84. The minimum Gasteiger partial charge on any atom is -0.361 e. The summed E-state index contributed by atoms with van der Waals surface area (Å²) in [5, 5.41) is 5.29. The van der Waals surface area contributed by atoms with Gasteiger partial charge in [0.1, 0.15) is 0 Å². The minimum absolute atomic E-state index is 0.00173. The molecule has 0 aliphatic carbocycles. The van der Waals surface area contributed by atoms with Gasteiger partial charge in [0.2, 0.25) is 0 Å². The normalized spacial score (nSPS) is 13.8. The topological polar surface area (TPSA) is 74.2 Å². The van der Waals surface area contributed by atoms with Gasteiger partial charge in [-0.05, 0) is 24.3 Å². The van der Waals surface area contributed by atoms with Crippen molar-refractivity contribution >= 4 is 22.7 Å². The van der Waals surface area contributed by atoms with Crippen molar-refractivity contribution in [2.45, 2.75) is 13.1 Å². The van der Waals surface area contributed by atoms with Crippen LogP contribution in [-0.2, 0) is 13.1 Å². The average molecular weight is 337 g/mol. The molecule has 0 radical (unpaired) electrons. The van der Waals surface area contributed by atoms with E-state index in [0.717, 1.165) is 16.6 Å². The van der Waals surface area contributed by atoms with Gasteiger partial charge in [0, 0.05) is 43.3 Å². The largest absolute Gasteiger partial charge is 0.361 e. The number of rotatable bonds is 2. The second-order valence-corrected chi connectivity index (χ2v) is 6.41. The summed E-state index contributed by atoms with van der Waals surface area (Å²) < 4.78 is 1.82. The van der Waals surface area contributed by atoms with Crippen LogP contribution in [0.1, 0.15) is 26.5 Å². The predicted molar refractivity (Wildman–Crippen MR) is 93.3 cm³/mol. The van der Waals surface area contributed by atoms with Crippen molar-refractivity contribution < 1.29 is 9.59 Å². The van der Waals surface area contributed by atoms with Gasteiger partial charge in [0.15, 0.2) is 5.69 Å². The van der Waals surface area contributed by atoms with Gasteiger partial charge in [0.25, 0.3) is 11.8 Å². The number of nitrogens with one attached hydrogen (secondary N) is 1. The molecule has 7 heteroatoms. The monoisotopic (exact) mass is 337 g/mol. The van der Waals surface area contributed by atoms with Crippen molar-refractivity contribution in [3.63, 3.8) is 0 Å². The van der Waals surface area contributed by atoms with E-state index < -0.39 is 0 Å². The zero-order chi connectivity index (χ0) is 17.6. The molecule has 128 valence electrons. The van der Waals surface area contributed by atoms with Crippen LogP contribution in [-0.4, -0.2) is 57.0 Å². The highest BCUT2D eigenvalue weighted by molar-refractivity contribution is 6.06. The van der Waals surface area contributed by atoms with E-state index in [1.165, 1.54) is 4.90 Å². The number of hydrogen-bond acceptors (Lipinski definition) is 3. The van der Waals surface area contributed by atoms with E-state index in [-0.39, 0.29) is 11.8 Å². The first-order chi connectivity index (χ1) is 12.0. The van der Waals surface area contributed by atoms with E-state index in [9.17, 15) is 9.59 Å². The van der Waals surface area contributed by atoms with Gasteiger partial charge in [-0.3, -0.25) is 14.3 Å². The molecule has 0 spiro atoms. The Kier molecular flexibility index (Phi) is 3.56. The van der Waals surface area contributed by atoms with Gasteiger partial charge in [0.05, 0.1) is 18.8 Å². The quantitative estimate of drug-likeness (QED) is 0.774. The molecule has 4 rings (SSSR count). The molecule has 0 fully saturated rings. The smallest absolute Gasteiger partial charge is 0.273 e. The molecular formula is C18H19N5O2. The average Bonchev–Trinajstić information content (AvgIpc) is 3.25. The van der Waals surface area contributed by atoms with Gasteiger partial charge in [-0.1, -0.05) is 6.07 Å². The lowest BCUT2D eigenvalue weighted by Gasteiger charge is -2.28. The standard InChI is InChI=1S/C18H19N5O2/c1-21(2)18(25)16-10-12-11-22(8-9-23(12)20-16)17(24)14-4-3-5-15-13(14)6-7-19-15/h3-7,10,19H,8-9,11H2,1-2H3. The Bertz CT molecular complexity index is 969. The van der Waals surface area contributed by atoms with Crippen molar-refractivity contribution in [2.24, 2.45) is 0 Å². The molecule has 1 aliphatic rings. The summed E-state index contributed by atoms with van der Waals surface area (Å²) in [7, 11) is 3.40. The zero-order valence-electron chi connectivity index (χ0n) is 14.2. The Morgan fingerprint density at radius 3 is 2.84 bits per heavy atom. The molecule has 2 amide bonds. The molecule has 1 aromatic carbocycles. The molecule has 0 unspecified atom stereocenters. The Balaban J connectivity index is 1.61. The van der Waals surface area contributed by atoms with Gasteiger partial charge in [-0.15, -0.1) is 0 Å². The van der Waals surface area contributed by atoms with Gasteiger partial charge in [-0.2, -0.15) is 5.10 Å². The SMILES string of the molecule is CN(C)C(=O)c1cc2n(n1)CCN(C(=O)c1cccc3[nH]ccc13)C2. The Hall–Kier alpha value is -3.09. The van der Waals surface area contributed by atoms with Crippen LogP contribution in [0.4, 0.5) is 0 Å². The number of nitrogens with zero attached hydrogens (tertiary/aromatic N) is 4. The van der Waals surface area contributed by atoms with E-state index in [4.69, 9.17) is 0 Å². The first-order valence-corrected chi connectivity index (χ1v) is 8.18. The van der Waals surface area contributed by atoms with Gasteiger partial charge in [-0.25, -0.2) is 0 Å². The summed E-state index contributed by atoms with van der Waals surface area (Å²) in [6, 6.07) is 9.39. The molecule has 0 saturated carbocycles. The third-order valence-corrected chi connectivity index (χ3v) is 4.54. The second kappa shape index (κ2) is 5.77. The maximum absolute atomic E-state index is 13.0. The van der Waals surface area contributed by atoms with Crippen LogP contribution in [0, 0.1) is 0 Å². The molecule has 7 nitrogen and oxygen atoms in total. The summed E-state index contributed by atoms with van der Waals surface area (Å²) in [6.45, 7) is 1.61. The molecular weight excluding hydrogens is 318 g/mol. The van der Waals surface area contributed by atoms with Crippen LogP contribution in [0.2, 0.25) is 0 Å². The highest BCUT2D eigenvalue weighted by Crippen LogP contribution is 2.22. The number of H-pyrrole nitrogens is 1. The maximum atomic E-state index is 13.0. The molecule has 0 bridgehead atoms. The number of aromatic nitrogens is 3. The number of aromatic amines is 1. The van der Waals surface area contributed by atoms with Crippen LogP contribution in [0.5, 0.6) is 0 Å². The molecule has 3 heterocycles. The summed E-state index contributed by atoms with van der Waals surface area (Å²) in [4.78, 5) is 31.5. The molecule has 25 heavy (non-hydrogen) atoms. The summed E-state index contributed by atoms with van der Waals surface area (Å²) in [5.74, 6) is -0.130. The molecule has 1 N–H and O–H groups in total. The number of amides is 2. The number of fused-ring (bicyclic) bond motifs is 2. The zero-order valence-corrected chi connectivity index (χ0v) is 14.2. The Morgan fingerprint density at radius 2 is 2.04 bits per heavy atom. The molecule has 1 aliphatic heterocycles. The fourth-order valence-electron chi connectivity index (χ4n) is 3.22. The van der Waals surface area contributed by atoms with Gasteiger partial charge >= 0.3 is 0 Å². The summed E-state index contributed by atoms with van der Waals surface area (Å²) in [5.41, 5.74) is 2.94. The van der Waals surface area contributed by atoms with Crippen LogP contribution < -0.4 is 0 Å². The van der Waals surface area contributed by atoms with Crippen molar-refractivity contribution in [3.8, 4) is 0 Å². The fraction of sp³-hybridized carbons (Fsp3) is 0.278. The van der Waals surface area contributed by atoms with Crippen LogP contribution >= 0.6 is 0 Å². The van der Waals surface area contributed by atoms with Crippen molar-refractivity contribution in [3.05, 3.63) is 53.5 Å². The number of benzene rings is 1. The Labute approximate surface area is 144 Å². The first-order valence-electron chi connectivity index (χ1n) is 8.18. The van der Waals surface area contributed by atoms with Crippen LogP contribution in [0.3, 0.4) is 0 Å². The highest BCUT2D eigenvalue weighted by atomic mass is 16.2. The lowest BCUT2D eigenvalue weighted by molar-refractivity contribution is 0.0706. The number of carbonyl (C=O) groups excluding carboxylic acids is 2. The Morgan fingerprint density at radius 1 is 1.20 bits per heavy atom. The third-order valence-electron chi connectivity index (χ3n) is 4.54. The minimum atomic E-state index is -0.128. The van der Waals surface area contributed by atoms with Crippen molar-refractivity contribution in [1.82, 2.24) is 24.6 Å². The highest BCUT2D eigenvalue weighted by Gasteiger charge is 2.26. The molecule has 0 atom stereocenters. The molecule has 0 saturated heterocycles. The van der Waals surface area contributed by atoms with E-state index in [1.54, 1.807) is 20.2 Å². The van der Waals surface area contributed by atoms with E-state index in [1.807, 2.05) is 40.0 Å². The lowest BCUT2D eigenvalue weighted by Crippen LogP contribution is -2.38. The lowest BCUT2D eigenvalue weighted by atomic mass is 10.1. The first kappa shape index (κ1) is 15.4. The van der Waals surface area contributed by atoms with Crippen LogP contribution in [0.15, 0.2) is 36.5 Å². The van der Waals surface area contributed by atoms with Crippen molar-refractivity contribution in [1.29, 1.82) is 0 Å². The van der Waals surface area contributed by atoms with E-state index >= 15 is 0 Å². The predicted octanol–water partition coefficient (Wildman–Crippen LogP) is 1.72. The summed E-state index contributed by atoms with van der Waals surface area (Å²) >= 11 is 0.